The predicted molar refractivity (Wildman–Crippen MR) is 88.1 cm³/mol. The molecule has 1 saturated carbocycles. The van der Waals surface area contributed by atoms with Gasteiger partial charge < -0.3 is 3.87 Å². The molecule has 0 heterocycles. The lowest BCUT2D eigenvalue weighted by Gasteiger charge is -2.54. The fraction of sp³-hybridized carbons (Fsp3) is 1.00. The first-order valence-electron chi connectivity index (χ1n) is 8.08. The van der Waals surface area contributed by atoms with E-state index in [0.717, 1.165) is 32.1 Å². The van der Waals surface area contributed by atoms with E-state index >= 15 is 0 Å². The van der Waals surface area contributed by atoms with Crippen molar-refractivity contribution in [3.8, 4) is 0 Å². The Balaban J connectivity index is 3.52. The molecule has 0 bridgehead atoms. The van der Waals surface area contributed by atoms with Gasteiger partial charge in [-0.2, -0.15) is 21.6 Å². The highest BCUT2D eigenvalue weighted by molar-refractivity contribution is 7.88. The zero-order valence-corrected chi connectivity index (χ0v) is 16.7. The third-order valence-electron chi connectivity index (χ3n) is 4.93. The quantitative estimate of drug-likeness (QED) is 0.468. The Kier molecular flexibility index (Phi) is 5.77. The normalized spacial score (nSPS) is 19.9. The second-order valence-electron chi connectivity index (χ2n) is 8.55. The Bertz CT molecular complexity index is 496. The van der Waals surface area contributed by atoms with Crippen LogP contribution >= 0.6 is 0 Å². The van der Waals surface area contributed by atoms with Gasteiger partial charge in [0.15, 0.2) is 0 Å². The predicted octanol–water partition coefficient (Wildman–Crippen LogP) is 5.73. The van der Waals surface area contributed by atoms with Crippen LogP contribution in [0.25, 0.3) is 0 Å². The third kappa shape index (κ3) is 3.95. The van der Waals surface area contributed by atoms with E-state index in [-0.39, 0.29) is 5.54 Å². The Labute approximate surface area is 139 Å². The summed E-state index contributed by atoms with van der Waals surface area (Å²) in [7, 11) is -8.96. The minimum atomic E-state index is -5.61. The lowest BCUT2D eigenvalue weighted by Crippen LogP contribution is -2.60. The smallest absolute Gasteiger partial charge is 0.306 e. The van der Waals surface area contributed by atoms with Gasteiger partial charge in [0.2, 0.25) is 8.32 Å². The van der Waals surface area contributed by atoms with Crippen LogP contribution in [-0.2, 0) is 14.0 Å². The summed E-state index contributed by atoms with van der Waals surface area (Å²) in [6.07, 6.45) is 4.37. The molecule has 0 aliphatic heterocycles. The van der Waals surface area contributed by atoms with Gasteiger partial charge in [0, 0.05) is 0 Å². The monoisotopic (exact) mass is 374 g/mol. The molecule has 0 amide bonds. The van der Waals surface area contributed by atoms with E-state index in [1.807, 2.05) is 41.5 Å². The molecule has 1 aliphatic rings. The highest BCUT2D eigenvalue weighted by Crippen LogP contribution is 2.61. The van der Waals surface area contributed by atoms with Gasteiger partial charge >= 0.3 is 15.6 Å². The first kappa shape index (κ1) is 21.0. The van der Waals surface area contributed by atoms with Crippen LogP contribution in [0, 0.1) is 0 Å². The lowest BCUT2D eigenvalue weighted by atomic mass is 10.00. The van der Waals surface area contributed by atoms with E-state index in [9.17, 15) is 21.6 Å². The average molecular weight is 375 g/mol. The van der Waals surface area contributed by atoms with Gasteiger partial charge in [-0.05, 0) is 15.6 Å². The van der Waals surface area contributed by atoms with Gasteiger partial charge in [-0.1, -0.05) is 73.6 Å². The van der Waals surface area contributed by atoms with E-state index in [1.165, 1.54) is 0 Å². The van der Waals surface area contributed by atoms with Crippen molar-refractivity contribution in [1.82, 2.24) is 0 Å². The maximum atomic E-state index is 13.0. The molecular formula is C15H29F3O3SSi. The van der Waals surface area contributed by atoms with E-state index in [2.05, 4.69) is 0 Å². The Morgan fingerprint density at radius 1 is 0.870 bits per heavy atom. The fourth-order valence-electron chi connectivity index (χ4n) is 4.40. The maximum Gasteiger partial charge on any atom is 0.522 e. The van der Waals surface area contributed by atoms with Gasteiger partial charge in [0.25, 0.3) is 0 Å². The van der Waals surface area contributed by atoms with Gasteiger partial charge in [-0.25, -0.2) is 0 Å². The summed E-state index contributed by atoms with van der Waals surface area (Å²) in [5, 5.41) is -1.27. The average Bonchev–Trinajstić information content (AvgIpc) is 2.32. The molecule has 0 atom stereocenters. The number of halogens is 3. The minimum Gasteiger partial charge on any atom is -0.306 e. The summed E-state index contributed by atoms with van der Waals surface area (Å²) in [5.41, 5.74) is -5.47. The molecular weight excluding hydrogens is 345 g/mol. The summed E-state index contributed by atoms with van der Waals surface area (Å²) < 4.78 is 68.1. The van der Waals surface area contributed by atoms with E-state index in [1.54, 1.807) is 0 Å². The molecule has 0 saturated heterocycles. The summed E-state index contributed by atoms with van der Waals surface area (Å²) in [4.78, 5) is 0. The molecule has 23 heavy (non-hydrogen) atoms. The zero-order chi connectivity index (χ0) is 18.3. The lowest BCUT2D eigenvalue weighted by molar-refractivity contribution is -0.0508. The molecule has 0 N–H and O–H groups in total. The summed E-state index contributed by atoms with van der Waals surface area (Å²) in [6.45, 7) is 10.9. The van der Waals surface area contributed by atoms with Crippen molar-refractivity contribution in [2.75, 3.05) is 0 Å². The SMILES string of the molecule is CC(C)(C)[Si](OS(=O)(=O)C(F)(F)F)(C1CCCCC1)C(C)(C)C. The molecule has 0 aromatic rings. The Hall–Kier alpha value is -0.0831. The molecule has 3 nitrogen and oxygen atoms in total. The molecule has 0 unspecified atom stereocenters. The van der Waals surface area contributed by atoms with Gasteiger partial charge in [0.1, 0.15) is 0 Å². The number of hydrogen-bond donors (Lipinski definition) is 0. The van der Waals surface area contributed by atoms with Crippen molar-refractivity contribution in [3.05, 3.63) is 0 Å². The highest BCUT2D eigenvalue weighted by atomic mass is 32.2. The van der Waals surface area contributed by atoms with E-state index in [0.29, 0.717) is 0 Å². The largest absolute Gasteiger partial charge is 0.522 e. The molecule has 1 fully saturated rings. The van der Waals surface area contributed by atoms with Gasteiger partial charge in [0.05, 0.1) is 0 Å². The third-order valence-corrected chi connectivity index (χ3v) is 13.6. The van der Waals surface area contributed by atoms with Crippen LogP contribution < -0.4 is 0 Å². The molecule has 0 aromatic heterocycles. The number of rotatable bonds is 3. The molecule has 0 radical (unpaired) electrons. The molecule has 8 heteroatoms. The van der Waals surface area contributed by atoms with E-state index < -0.39 is 34.0 Å². The zero-order valence-electron chi connectivity index (χ0n) is 14.9. The topological polar surface area (TPSA) is 43.4 Å². The first-order valence-corrected chi connectivity index (χ1v) is 11.5. The van der Waals surface area contributed by atoms with Crippen LogP contribution in [0.4, 0.5) is 13.2 Å². The Morgan fingerprint density at radius 2 is 1.26 bits per heavy atom. The van der Waals surface area contributed by atoms with E-state index in [4.69, 9.17) is 3.87 Å². The van der Waals surface area contributed by atoms with Crippen molar-refractivity contribution in [3.63, 3.8) is 0 Å². The number of hydrogen-bond acceptors (Lipinski definition) is 3. The highest BCUT2D eigenvalue weighted by Gasteiger charge is 2.65. The van der Waals surface area contributed by atoms with Crippen molar-refractivity contribution in [2.45, 2.75) is 94.8 Å². The maximum absolute atomic E-state index is 13.0. The van der Waals surface area contributed by atoms with Crippen LogP contribution in [0.15, 0.2) is 0 Å². The van der Waals surface area contributed by atoms with Crippen LogP contribution in [0.1, 0.15) is 73.6 Å². The molecule has 138 valence electrons. The van der Waals surface area contributed by atoms with Crippen LogP contribution in [0.3, 0.4) is 0 Å². The minimum absolute atomic E-state index is 0.0895. The standard InChI is InChI=1S/C15H29F3O3SSi/c1-13(2,3)23(14(4,5)6,12-10-8-7-9-11-12)21-22(19,20)15(16,17)18/h12H,7-11H2,1-6H3. The van der Waals surface area contributed by atoms with Crippen molar-refractivity contribution in [1.29, 1.82) is 0 Å². The summed E-state index contributed by atoms with van der Waals surface area (Å²) in [5.74, 6) is 0. The first-order chi connectivity index (χ1) is 10.1. The number of alkyl halides is 3. The van der Waals surface area contributed by atoms with Crippen molar-refractivity contribution in [2.24, 2.45) is 0 Å². The summed E-state index contributed by atoms with van der Waals surface area (Å²) >= 11 is 0. The molecule has 1 aliphatic carbocycles. The molecule has 1 rings (SSSR count). The fourth-order valence-corrected chi connectivity index (χ4v) is 14.6. The summed E-state index contributed by atoms with van der Waals surface area (Å²) in [6, 6.07) is 0. The van der Waals surface area contributed by atoms with Crippen LogP contribution in [-0.4, -0.2) is 22.2 Å². The van der Waals surface area contributed by atoms with Crippen molar-refractivity contribution < 1.29 is 25.5 Å². The second-order valence-corrected chi connectivity index (χ2v) is 15.9. The van der Waals surface area contributed by atoms with Gasteiger partial charge in [-0.3, -0.25) is 0 Å². The molecule has 0 aromatic carbocycles. The van der Waals surface area contributed by atoms with Crippen molar-refractivity contribution >= 4 is 18.4 Å². The van der Waals surface area contributed by atoms with Crippen LogP contribution in [0.2, 0.25) is 15.6 Å². The van der Waals surface area contributed by atoms with Gasteiger partial charge in [-0.15, -0.1) is 0 Å². The second kappa shape index (κ2) is 6.33. The Morgan fingerprint density at radius 3 is 1.57 bits per heavy atom. The van der Waals surface area contributed by atoms with Crippen LogP contribution in [0.5, 0.6) is 0 Å². The molecule has 0 spiro atoms.